The molecule has 0 aliphatic rings. The Kier molecular flexibility index (Phi) is 8.83. The maximum Gasteiger partial charge on any atom is 0.161 e. The molecule has 1 rings (SSSR count). The van der Waals surface area contributed by atoms with Crippen molar-refractivity contribution >= 4 is 0 Å². The van der Waals surface area contributed by atoms with Crippen LogP contribution in [0.15, 0.2) is 18.2 Å². The zero-order valence-electron chi connectivity index (χ0n) is 12.9. The number of ether oxygens (including phenoxy) is 3. The van der Waals surface area contributed by atoms with E-state index in [-0.39, 0.29) is 0 Å². The standard InChI is InChI=1S/C16H27NO3/c1-4-10-19-11-6-9-17-13-14-7-8-15(18-3)16(12-14)20-5-2/h7-8,12,17H,4-6,9-11,13H2,1-3H3. The topological polar surface area (TPSA) is 39.7 Å². The van der Waals surface area contributed by atoms with Gasteiger partial charge in [-0.3, -0.25) is 0 Å². The van der Waals surface area contributed by atoms with Crippen molar-refractivity contribution in [3.63, 3.8) is 0 Å². The van der Waals surface area contributed by atoms with Crippen molar-refractivity contribution in [3.8, 4) is 11.5 Å². The van der Waals surface area contributed by atoms with Crippen LogP contribution in [-0.4, -0.2) is 33.5 Å². The van der Waals surface area contributed by atoms with Gasteiger partial charge in [-0.1, -0.05) is 13.0 Å². The molecule has 1 aromatic rings. The highest BCUT2D eigenvalue weighted by Crippen LogP contribution is 2.27. The van der Waals surface area contributed by atoms with Gasteiger partial charge in [-0.25, -0.2) is 0 Å². The van der Waals surface area contributed by atoms with Crippen LogP contribution >= 0.6 is 0 Å². The van der Waals surface area contributed by atoms with Crippen LogP contribution in [0.5, 0.6) is 11.5 Å². The average Bonchev–Trinajstić information content (AvgIpc) is 2.47. The number of rotatable bonds is 11. The first-order valence-electron chi connectivity index (χ1n) is 7.40. The summed E-state index contributed by atoms with van der Waals surface area (Å²) in [6, 6.07) is 6.04. The lowest BCUT2D eigenvalue weighted by Gasteiger charge is -2.11. The van der Waals surface area contributed by atoms with Crippen LogP contribution in [0.1, 0.15) is 32.3 Å². The van der Waals surface area contributed by atoms with E-state index in [4.69, 9.17) is 14.2 Å². The molecule has 0 atom stereocenters. The highest BCUT2D eigenvalue weighted by Gasteiger charge is 2.04. The Labute approximate surface area is 122 Å². The molecule has 0 saturated heterocycles. The highest BCUT2D eigenvalue weighted by molar-refractivity contribution is 5.42. The molecule has 0 bridgehead atoms. The fourth-order valence-corrected chi connectivity index (χ4v) is 1.88. The Bertz CT molecular complexity index is 369. The van der Waals surface area contributed by atoms with Crippen LogP contribution in [0.4, 0.5) is 0 Å². The van der Waals surface area contributed by atoms with E-state index in [0.29, 0.717) is 6.61 Å². The molecule has 0 saturated carbocycles. The van der Waals surface area contributed by atoms with Gasteiger partial charge < -0.3 is 19.5 Å². The Hall–Kier alpha value is -1.26. The second-order valence-electron chi connectivity index (χ2n) is 4.56. The summed E-state index contributed by atoms with van der Waals surface area (Å²) in [6.07, 6.45) is 2.12. The van der Waals surface area contributed by atoms with E-state index < -0.39 is 0 Å². The summed E-state index contributed by atoms with van der Waals surface area (Å²) in [6.45, 7) is 8.21. The molecule has 20 heavy (non-hydrogen) atoms. The molecule has 4 heteroatoms. The van der Waals surface area contributed by atoms with E-state index in [0.717, 1.165) is 50.6 Å². The molecule has 1 N–H and O–H groups in total. The van der Waals surface area contributed by atoms with E-state index in [1.807, 2.05) is 19.1 Å². The van der Waals surface area contributed by atoms with Crippen LogP contribution in [0.25, 0.3) is 0 Å². The lowest BCUT2D eigenvalue weighted by Crippen LogP contribution is -2.16. The van der Waals surface area contributed by atoms with E-state index >= 15 is 0 Å². The minimum absolute atomic E-state index is 0.641. The molecule has 0 aliphatic heterocycles. The third-order valence-corrected chi connectivity index (χ3v) is 2.85. The Morgan fingerprint density at radius 3 is 2.65 bits per heavy atom. The van der Waals surface area contributed by atoms with Gasteiger partial charge in [0.25, 0.3) is 0 Å². The summed E-state index contributed by atoms with van der Waals surface area (Å²) in [5.74, 6) is 1.59. The summed E-state index contributed by atoms with van der Waals surface area (Å²) in [4.78, 5) is 0. The summed E-state index contributed by atoms with van der Waals surface area (Å²) in [5, 5.41) is 3.41. The van der Waals surface area contributed by atoms with Gasteiger partial charge in [-0.15, -0.1) is 0 Å². The second kappa shape index (κ2) is 10.5. The molecule has 114 valence electrons. The van der Waals surface area contributed by atoms with Crippen molar-refractivity contribution in [3.05, 3.63) is 23.8 Å². The Balaban J connectivity index is 2.31. The summed E-state index contributed by atoms with van der Waals surface area (Å²) in [5.41, 5.74) is 1.20. The van der Waals surface area contributed by atoms with Gasteiger partial charge >= 0.3 is 0 Å². The minimum Gasteiger partial charge on any atom is -0.493 e. The molecule has 0 radical (unpaired) electrons. The molecule has 0 aromatic heterocycles. The third-order valence-electron chi connectivity index (χ3n) is 2.85. The maximum atomic E-state index is 5.57. The molecule has 0 heterocycles. The van der Waals surface area contributed by atoms with Crippen molar-refractivity contribution < 1.29 is 14.2 Å². The predicted molar refractivity (Wildman–Crippen MR) is 81.6 cm³/mol. The summed E-state index contributed by atoms with van der Waals surface area (Å²) >= 11 is 0. The smallest absolute Gasteiger partial charge is 0.161 e. The minimum atomic E-state index is 0.641. The molecule has 4 nitrogen and oxygen atoms in total. The van der Waals surface area contributed by atoms with E-state index in [9.17, 15) is 0 Å². The quantitative estimate of drug-likeness (QED) is 0.633. The fourth-order valence-electron chi connectivity index (χ4n) is 1.88. The first-order valence-corrected chi connectivity index (χ1v) is 7.40. The number of methoxy groups -OCH3 is 1. The molecule has 0 amide bonds. The van der Waals surface area contributed by atoms with Gasteiger partial charge in [0.2, 0.25) is 0 Å². The van der Waals surface area contributed by atoms with Crippen LogP contribution in [0.3, 0.4) is 0 Å². The maximum absolute atomic E-state index is 5.57. The van der Waals surface area contributed by atoms with Crippen molar-refractivity contribution in [1.82, 2.24) is 5.32 Å². The first-order chi connectivity index (χ1) is 9.81. The van der Waals surface area contributed by atoms with Crippen molar-refractivity contribution in [1.29, 1.82) is 0 Å². The van der Waals surface area contributed by atoms with Crippen molar-refractivity contribution in [2.45, 2.75) is 33.2 Å². The molecule has 1 aromatic carbocycles. The number of benzene rings is 1. The van der Waals surface area contributed by atoms with Gasteiger partial charge in [-0.2, -0.15) is 0 Å². The number of nitrogens with one attached hydrogen (secondary N) is 1. The Morgan fingerprint density at radius 2 is 1.95 bits per heavy atom. The molecule has 0 aliphatic carbocycles. The van der Waals surface area contributed by atoms with Gasteiger partial charge in [0, 0.05) is 19.8 Å². The van der Waals surface area contributed by atoms with E-state index in [1.165, 1.54) is 5.56 Å². The number of hydrogen-bond donors (Lipinski definition) is 1. The molecule has 0 spiro atoms. The van der Waals surface area contributed by atoms with Gasteiger partial charge in [0.15, 0.2) is 11.5 Å². The monoisotopic (exact) mass is 281 g/mol. The molecule has 0 unspecified atom stereocenters. The van der Waals surface area contributed by atoms with Crippen LogP contribution in [-0.2, 0) is 11.3 Å². The second-order valence-corrected chi connectivity index (χ2v) is 4.56. The lowest BCUT2D eigenvalue weighted by atomic mass is 10.2. The highest BCUT2D eigenvalue weighted by atomic mass is 16.5. The normalized spacial score (nSPS) is 10.6. The van der Waals surface area contributed by atoms with Gasteiger partial charge in [-0.05, 0) is 44.0 Å². The van der Waals surface area contributed by atoms with Crippen LogP contribution in [0, 0.1) is 0 Å². The van der Waals surface area contributed by atoms with Gasteiger partial charge in [0.05, 0.1) is 13.7 Å². The van der Waals surface area contributed by atoms with Crippen molar-refractivity contribution in [2.24, 2.45) is 0 Å². The molecular weight excluding hydrogens is 254 g/mol. The Morgan fingerprint density at radius 1 is 1.10 bits per heavy atom. The zero-order valence-corrected chi connectivity index (χ0v) is 12.9. The zero-order chi connectivity index (χ0) is 14.6. The van der Waals surface area contributed by atoms with Crippen LogP contribution < -0.4 is 14.8 Å². The molecular formula is C16H27NO3. The van der Waals surface area contributed by atoms with Gasteiger partial charge in [0.1, 0.15) is 0 Å². The first kappa shape index (κ1) is 16.8. The van der Waals surface area contributed by atoms with E-state index in [2.05, 4.69) is 18.3 Å². The fraction of sp³-hybridized carbons (Fsp3) is 0.625. The number of hydrogen-bond acceptors (Lipinski definition) is 4. The largest absolute Gasteiger partial charge is 0.493 e. The van der Waals surface area contributed by atoms with Crippen molar-refractivity contribution in [2.75, 3.05) is 33.5 Å². The predicted octanol–water partition coefficient (Wildman–Crippen LogP) is 3.00. The average molecular weight is 281 g/mol. The molecule has 0 fully saturated rings. The summed E-state index contributed by atoms with van der Waals surface area (Å²) < 4.78 is 16.3. The van der Waals surface area contributed by atoms with E-state index in [1.54, 1.807) is 7.11 Å². The van der Waals surface area contributed by atoms with Crippen LogP contribution in [0.2, 0.25) is 0 Å². The summed E-state index contributed by atoms with van der Waals surface area (Å²) in [7, 11) is 1.66. The third kappa shape index (κ3) is 6.26. The lowest BCUT2D eigenvalue weighted by molar-refractivity contribution is 0.132. The SMILES string of the molecule is CCCOCCCNCc1ccc(OC)c(OCC)c1.